The zero-order valence-electron chi connectivity index (χ0n) is 14.2. The molecule has 138 valence electrons. The molecule has 3 rings (SSSR count). The summed E-state index contributed by atoms with van der Waals surface area (Å²) in [6.45, 7) is 2.68. The van der Waals surface area contributed by atoms with Gasteiger partial charge in [0.25, 0.3) is 0 Å². The molecule has 0 radical (unpaired) electrons. The van der Waals surface area contributed by atoms with Gasteiger partial charge in [0.2, 0.25) is 10.0 Å². The molecule has 0 spiro atoms. The van der Waals surface area contributed by atoms with Gasteiger partial charge in [-0.05, 0) is 38.1 Å². The molecular weight excluding hydrogens is 362 g/mol. The van der Waals surface area contributed by atoms with E-state index < -0.39 is 10.0 Å². The molecule has 8 heteroatoms. The zero-order valence-corrected chi connectivity index (χ0v) is 15.8. The van der Waals surface area contributed by atoms with E-state index in [1.54, 1.807) is 13.2 Å². The second-order valence-corrected chi connectivity index (χ2v) is 8.14. The van der Waals surface area contributed by atoms with Crippen molar-refractivity contribution >= 4 is 33.3 Å². The van der Waals surface area contributed by atoms with Crippen LogP contribution < -0.4 is 10.0 Å². The van der Waals surface area contributed by atoms with E-state index in [4.69, 9.17) is 4.74 Å². The molecule has 2 N–H and O–H groups in total. The number of sulfonamides is 1. The van der Waals surface area contributed by atoms with E-state index in [0.717, 1.165) is 36.8 Å². The van der Waals surface area contributed by atoms with Gasteiger partial charge in [0.05, 0.1) is 12.1 Å². The molecule has 25 heavy (non-hydrogen) atoms. The molecule has 1 fully saturated rings. The van der Waals surface area contributed by atoms with Crippen LogP contribution in [-0.4, -0.2) is 46.8 Å². The Balaban J connectivity index is 0.00000225. The van der Waals surface area contributed by atoms with Gasteiger partial charge < -0.3 is 10.1 Å². The highest BCUT2D eigenvalue weighted by Gasteiger charge is 2.33. The molecule has 1 aliphatic rings. The Labute approximate surface area is 154 Å². The number of piperidine rings is 1. The molecule has 2 heterocycles. The van der Waals surface area contributed by atoms with Gasteiger partial charge in [-0.15, -0.1) is 12.4 Å². The van der Waals surface area contributed by atoms with Gasteiger partial charge in [0, 0.05) is 30.7 Å². The smallest absolute Gasteiger partial charge is 0.242 e. The van der Waals surface area contributed by atoms with E-state index in [1.165, 1.54) is 6.20 Å². The maximum Gasteiger partial charge on any atom is 0.242 e. The van der Waals surface area contributed by atoms with Crippen LogP contribution in [0, 0.1) is 5.41 Å². The number of hydrogen-bond donors (Lipinski definition) is 2. The van der Waals surface area contributed by atoms with Gasteiger partial charge in [-0.1, -0.05) is 18.2 Å². The van der Waals surface area contributed by atoms with Crippen molar-refractivity contribution in [3.05, 3.63) is 36.5 Å². The highest BCUT2D eigenvalue weighted by Crippen LogP contribution is 2.29. The lowest BCUT2D eigenvalue weighted by molar-refractivity contribution is 0.0577. The van der Waals surface area contributed by atoms with Gasteiger partial charge in [-0.25, -0.2) is 13.1 Å². The number of fused-ring (bicyclic) bond motifs is 1. The number of aromatic nitrogens is 1. The zero-order chi connectivity index (χ0) is 17.0. The Morgan fingerprint density at radius 2 is 2.00 bits per heavy atom. The van der Waals surface area contributed by atoms with Gasteiger partial charge in [0.1, 0.15) is 4.90 Å². The standard InChI is InChI=1S/C17H23N3O3S.ClH/c1-23-13-17(6-8-18-9-7-17)12-20-24(21,22)15-10-14-4-2-3-5-16(14)19-11-15;/h2-5,10-11,18,20H,6-9,12-13H2,1H3;1H. The van der Waals surface area contributed by atoms with Crippen LogP contribution in [0.3, 0.4) is 0 Å². The molecule has 0 bridgehead atoms. The predicted molar refractivity (Wildman–Crippen MR) is 101 cm³/mol. The van der Waals surface area contributed by atoms with Crippen molar-refractivity contribution in [3.63, 3.8) is 0 Å². The largest absolute Gasteiger partial charge is 0.384 e. The summed E-state index contributed by atoms with van der Waals surface area (Å²) in [6, 6.07) is 9.14. The number of methoxy groups -OCH3 is 1. The summed E-state index contributed by atoms with van der Waals surface area (Å²) in [6.07, 6.45) is 3.19. The van der Waals surface area contributed by atoms with E-state index in [1.807, 2.05) is 24.3 Å². The molecule has 2 aromatic rings. The number of nitrogens with zero attached hydrogens (tertiary/aromatic N) is 1. The Hall–Kier alpha value is -1.25. The van der Waals surface area contributed by atoms with Crippen LogP contribution in [0.15, 0.2) is 41.4 Å². The highest BCUT2D eigenvalue weighted by atomic mass is 35.5. The molecule has 1 aromatic carbocycles. The van der Waals surface area contributed by atoms with Crippen molar-refractivity contribution in [2.24, 2.45) is 5.41 Å². The summed E-state index contributed by atoms with van der Waals surface area (Å²) in [5, 5.41) is 4.12. The summed E-state index contributed by atoms with van der Waals surface area (Å²) < 4.78 is 33.4. The third-order valence-electron chi connectivity index (χ3n) is 4.63. The highest BCUT2D eigenvalue weighted by molar-refractivity contribution is 7.89. The van der Waals surface area contributed by atoms with E-state index in [-0.39, 0.29) is 22.7 Å². The van der Waals surface area contributed by atoms with Crippen LogP contribution >= 0.6 is 12.4 Å². The van der Waals surface area contributed by atoms with Crippen molar-refractivity contribution in [1.82, 2.24) is 15.0 Å². The Kier molecular flexibility index (Phi) is 6.76. The van der Waals surface area contributed by atoms with Crippen LogP contribution in [-0.2, 0) is 14.8 Å². The molecule has 6 nitrogen and oxygen atoms in total. The minimum atomic E-state index is -3.60. The van der Waals surface area contributed by atoms with Crippen molar-refractivity contribution in [1.29, 1.82) is 0 Å². The monoisotopic (exact) mass is 385 g/mol. The van der Waals surface area contributed by atoms with E-state index >= 15 is 0 Å². The minimum Gasteiger partial charge on any atom is -0.384 e. The molecule has 0 saturated carbocycles. The van der Waals surface area contributed by atoms with Crippen LogP contribution in [0.5, 0.6) is 0 Å². The second kappa shape index (κ2) is 8.42. The quantitative estimate of drug-likeness (QED) is 0.794. The first-order valence-corrected chi connectivity index (χ1v) is 9.57. The van der Waals surface area contributed by atoms with Crippen molar-refractivity contribution < 1.29 is 13.2 Å². The van der Waals surface area contributed by atoms with Crippen LogP contribution in [0.1, 0.15) is 12.8 Å². The maximum atomic E-state index is 12.7. The number of nitrogens with one attached hydrogen (secondary N) is 2. The van der Waals surface area contributed by atoms with Gasteiger partial charge in [0.15, 0.2) is 0 Å². The third kappa shape index (κ3) is 4.68. The fraction of sp³-hybridized carbons (Fsp3) is 0.471. The van der Waals surface area contributed by atoms with Crippen molar-refractivity contribution in [2.75, 3.05) is 33.4 Å². The summed E-state index contributed by atoms with van der Waals surface area (Å²) in [7, 11) is -1.94. The fourth-order valence-corrected chi connectivity index (χ4v) is 4.30. The van der Waals surface area contributed by atoms with Gasteiger partial charge >= 0.3 is 0 Å². The number of halogens is 1. The number of benzene rings is 1. The lowest BCUT2D eigenvalue weighted by atomic mass is 9.80. The third-order valence-corrected chi connectivity index (χ3v) is 6.00. The van der Waals surface area contributed by atoms with Gasteiger partial charge in [-0.3, -0.25) is 4.98 Å². The summed E-state index contributed by atoms with van der Waals surface area (Å²) >= 11 is 0. The van der Waals surface area contributed by atoms with Crippen LogP contribution in [0.25, 0.3) is 10.9 Å². The summed E-state index contributed by atoms with van der Waals surface area (Å²) in [5.74, 6) is 0. The van der Waals surface area contributed by atoms with Crippen LogP contribution in [0.4, 0.5) is 0 Å². The number of para-hydroxylation sites is 1. The number of ether oxygens (including phenoxy) is 1. The average Bonchev–Trinajstić information content (AvgIpc) is 2.61. The molecule has 0 atom stereocenters. The summed E-state index contributed by atoms with van der Waals surface area (Å²) in [5.41, 5.74) is 0.628. The molecule has 1 aliphatic heterocycles. The fourth-order valence-electron chi connectivity index (χ4n) is 3.16. The van der Waals surface area contributed by atoms with E-state index in [0.29, 0.717) is 13.2 Å². The number of pyridine rings is 1. The lowest BCUT2D eigenvalue weighted by Crippen LogP contribution is -2.47. The van der Waals surface area contributed by atoms with Crippen molar-refractivity contribution in [3.8, 4) is 0 Å². The molecular formula is C17H24ClN3O3S. The number of rotatable bonds is 6. The average molecular weight is 386 g/mol. The van der Waals surface area contributed by atoms with Crippen LogP contribution in [0.2, 0.25) is 0 Å². The number of hydrogen-bond acceptors (Lipinski definition) is 5. The van der Waals surface area contributed by atoms with E-state index in [9.17, 15) is 8.42 Å². The predicted octanol–water partition coefficient (Wildman–Crippen LogP) is 1.95. The minimum absolute atomic E-state index is 0. The lowest BCUT2D eigenvalue weighted by Gasteiger charge is -2.37. The first-order chi connectivity index (χ1) is 11.5. The normalized spacial score (nSPS) is 17.2. The Bertz CT molecular complexity index is 802. The first-order valence-electron chi connectivity index (χ1n) is 8.09. The second-order valence-electron chi connectivity index (χ2n) is 6.37. The molecule has 1 saturated heterocycles. The molecule has 1 aromatic heterocycles. The molecule has 0 amide bonds. The van der Waals surface area contributed by atoms with Gasteiger partial charge in [-0.2, -0.15) is 0 Å². The van der Waals surface area contributed by atoms with Crippen molar-refractivity contribution in [2.45, 2.75) is 17.7 Å². The topological polar surface area (TPSA) is 80.3 Å². The Morgan fingerprint density at radius 3 is 2.72 bits per heavy atom. The van der Waals surface area contributed by atoms with E-state index in [2.05, 4.69) is 15.0 Å². The first kappa shape index (κ1) is 20.1. The maximum absolute atomic E-state index is 12.7. The summed E-state index contributed by atoms with van der Waals surface area (Å²) in [4.78, 5) is 4.44. The Morgan fingerprint density at radius 1 is 1.28 bits per heavy atom. The SMILES string of the molecule is COCC1(CNS(=O)(=O)c2cnc3ccccc3c2)CCNCC1.Cl. The molecule has 0 unspecified atom stereocenters. The molecule has 0 aliphatic carbocycles.